The van der Waals surface area contributed by atoms with Crippen LogP contribution in [0.5, 0.6) is 0 Å². The predicted molar refractivity (Wildman–Crippen MR) is 42.2 cm³/mol. The topological polar surface area (TPSA) is 35.5 Å². The van der Waals surface area contributed by atoms with E-state index in [4.69, 9.17) is 9.47 Å². The Morgan fingerprint density at radius 1 is 1.55 bits per heavy atom. The molecule has 0 fully saturated rings. The van der Waals surface area contributed by atoms with Gasteiger partial charge < -0.3 is 9.47 Å². The summed E-state index contributed by atoms with van der Waals surface area (Å²) in [5.41, 5.74) is 0. The van der Waals surface area contributed by atoms with Crippen LogP contribution in [-0.2, 0) is 14.3 Å². The van der Waals surface area contributed by atoms with Crippen LogP contribution in [0.15, 0.2) is 12.7 Å². The maximum absolute atomic E-state index is 10.9. The predicted octanol–water partition coefficient (Wildman–Crippen LogP) is 1.14. The second kappa shape index (κ2) is 5.92. The first-order chi connectivity index (χ1) is 5.26. The van der Waals surface area contributed by atoms with Crippen LogP contribution < -0.4 is 0 Å². The normalized spacial score (nSPS) is 12.2. The fraction of sp³-hybridized carbons (Fsp3) is 0.625. The first kappa shape index (κ1) is 10.2. The highest BCUT2D eigenvalue weighted by Gasteiger charge is 2.14. The van der Waals surface area contributed by atoms with E-state index in [9.17, 15) is 4.79 Å². The molecule has 0 amide bonds. The molecule has 0 aromatic rings. The van der Waals surface area contributed by atoms with Crippen LogP contribution in [0.2, 0.25) is 0 Å². The lowest BCUT2D eigenvalue weighted by atomic mass is 10.3. The third-order valence-corrected chi connectivity index (χ3v) is 1.08. The Labute approximate surface area is 67.0 Å². The lowest BCUT2D eigenvalue weighted by Gasteiger charge is -2.10. The first-order valence-corrected chi connectivity index (χ1v) is 3.67. The molecule has 3 heteroatoms. The van der Waals surface area contributed by atoms with Gasteiger partial charge in [0, 0.05) is 6.61 Å². The molecule has 1 unspecified atom stereocenters. The maximum atomic E-state index is 10.9. The molecule has 3 nitrogen and oxygen atoms in total. The smallest absolute Gasteiger partial charge is 0.339 e. The zero-order valence-corrected chi connectivity index (χ0v) is 7.00. The number of esters is 1. The molecule has 0 radical (unpaired) electrons. The second-order valence-electron chi connectivity index (χ2n) is 1.86. The Hall–Kier alpha value is -0.830. The van der Waals surface area contributed by atoms with Crippen molar-refractivity contribution in [1.82, 2.24) is 0 Å². The average molecular weight is 158 g/mol. The van der Waals surface area contributed by atoms with E-state index >= 15 is 0 Å². The molecule has 0 N–H and O–H groups in total. The van der Waals surface area contributed by atoms with Crippen LogP contribution in [0, 0.1) is 0 Å². The van der Waals surface area contributed by atoms with E-state index in [1.165, 1.54) is 6.08 Å². The van der Waals surface area contributed by atoms with Gasteiger partial charge in [-0.05, 0) is 13.8 Å². The number of carbonyl (C=O) groups is 1. The van der Waals surface area contributed by atoms with Crippen LogP contribution >= 0.6 is 0 Å². The Bertz CT molecular complexity index is 131. The summed E-state index contributed by atoms with van der Waals surface area (Å²) in [6.45, 7) is 7.88. The third-order valence-electron chi connectivity index (χ3n) is 1.08. The summed E-state index contributed by atoms with van der Waals surface area (Å²) in [5.74, 6) is -0.371. The molecule has 0 aliphatic heterocycles. The second-order valence-corrected chi connectivity index (χ2v) is 1.86. The Kier molecular flexibility index (Phi) is 5.47. The van der Waals surface area contributed by atoms with Crippen molar-refractivity contribution < 1.29 is 14.3 Å². The van der Waals surface area contributed by atoms with E-state index in [0.717, 1.165) is 0 Å². The van der Waals surface area contributed by atoms with E-state index in [1.807, 2.05) is 6.92 Å². The van der Waals surface area contributed by atoms with Gasteiger partial charge in [-0.1, -0.05) is 12.7 Å². The lowest BCUT2D eigenvalue weighted by molar-refractivity contribution is -0.153. The van der Waals surface area contributed by atoms with Gasteiger partial charge in [0.2, 0.25) is 0 Å². The minimum absolute atomic E-state index is 0.371. The van der Waals surface area contributed by atoms with Gasteiger partial charge in [0.05, 0.1) is 6.61 Å². The third kappa shape index (κ3) is 3.78. The van der Waals surface area contributed by atoms with Crippen molar-refractivity contribution in [2.24, 2.45) is 0 Å². The first-order valence-electron chi connectivity index (χ1n) is 3.67. The number of hydrogen-bond donors (Lipinski definition) is 0. The molecule has 0 heterocycles. The van der Waals surface area contributed by atoms with Gasteiger partial charge in [-0.25, -0.2) is 4.79 Å². The highest BCUT2D eigenvalue weighted by Crippen LogP contribution is 1.96. The molecule has 0 spiro atoms. The molecule has 0 saturated carbocycles. The summed E-state index contributed by atoms with van der Waals surface area (Å²) in [6.07, 6.45) is 0.821. The minimum atomic E-state index is -0.611. The molecule has 0 aromatic carbocycles. The molecular formula is C8H14O3. The molecule has 0 aliphatic rings. The van der Waals surface area contributed by atoms with Gasteiger partial charge in [0.1, 0.15) is 0 Å². The molecule has 11 heavy (non-hydrogen) atoms. The standard InChI is InChI=1S/C8H14O3/c1-4-7(10-5-2)8(9)11-6-3/h4,7H,1,5-6H2,2-3H3. The largest absolute Gasteiger partial charge is 0.464 e. The van der Waals surface area contributed by atoms with Gasteiger partial charge >= 0.3 is 5.97 Å². The molecule has 1 atom stereocenters. The van der Waals surface area contributed by atoms with Crippen LogP contribution in [-0.4, -0.2) is 25.3 Å². The van der Waals surface area contributed by atoms with Crippen molar-refractivity contribution in [2.45, 2.75) is 20.0 Å². The van der Waals surface area contributed by atoms with Gasteiger partial charge in [-0.15, -0.1) is 0 Å². The van der Waals surface area contributed by atoms with Gasteiger partial charge in [-0.3, -0.25) is 0 Å². The quantitative estimate of drug-likeness (QED) is 0.444. The zero-order chi connectivity index (χ0) is 8.69. The molecule has 0 rings (SSSR count). The molecule has 0 bridgehead atoms. The SMILES string of the molecule is C=CC(OCC)C(=O)OCC. The summed E-state index contributed by atoms with van der Waals surface area (Å²) < 4.78 is 9.73. The van der Waals surface area contributed by atoms with Crippen molar-refractivity contribution in [3.8, 4) is 0 Å². The van der Waals surface area contributed by atoms with Crippen molar-refractivity contribution in [3.63, 3.8) is 0 Å². The van der Waals surface area contributed by atoms with Crippen LogP contribution in [0.25, 0.3) is 0 Å². The molecule has 0 saturated heterocycles. The molecule has 0 aliphatic carbocycles. The highest BCUT2D eigenvalue weighted by molar-refractivity contribution is 5.76. The number of ether oxygens (including phenoxy) is 2. The number of rotatable bonds is 5. The Balaban J connectivity index is 3.81. The summed E-state index contributed by atoms with van der Waals surface area (Å²) >= 11 is 0. The average Bonchev–Trinajstić information content (AvgIpc) is 2.00. The fourth-order valence-electron chi connectivity index (χ4n) is 0.636. The maximum Gasteiger partial charge on any atom is 0.339 e. The van der Waals surface area contributed by atoms with Crippen molar-refractivity contribution in [3.05, 3.63) is 12.7 Å². The van der Waals surface area contributed by atoms with E-state index in [-0.39, 0.29) is 5.97 Å². The zero-order valence-electron chi connectivity index (χ0n) is 7.00. The number of carbonyl (C=O) groups excluding carboxylic acids is 1. The summed E-state index contributed by atoms with van der Waals surface area (Å²) in [7, 11) is 0. The van der Waals surface area contributed by atoms with Crippen LogP contribution in [0.3, 0.4) is 0 Å². The van der Waals surface area contributed by atoms with Gasteiger partial charge in [-0.2, -0.15) is 0 Å². The highest BCUT2D eigenvalue weighted by atomic mass is 16.6. The van der Waals surface area contributed by atoms with E-state index in [0.29, 0.717) is 13.2 Å². The van der Waals surface area contributed by atoms with Gasteiger partial charge in [0.25, 0.3) is 0 Å². The monoisotopic (exact) mass is 158 g/mol. The van der Waals surface area contributed by atoms with Crippen molar-refractivity contribution in [2.75, 3.05) is 13.2 Å². The van der Waals surface area contributed by atoms with E-state index < -0.39 is 6.10 Å². The van der Waals surface area contributed by atoms with Crippen molar-refractivity contribution >= 4 is 5.97 Å². The summed E-state index contributed by atoms with van der Waals surface area (Å²) in [5, 5.41) is 0. The fourth-order valence-corrected chi connectivity index (χ4v) is 0.636. The minimum Gasteiger partial charge on any atom is -0.464 e. The van der Waals surface area contributed by atoms with Crippen LogP contribution in [0.4, 0.5) is 0 Å². The van der Waals surface area contributed by atoms with E-state index in [1.54, 1.807) is 6.92 Å². The number of hydrogen-bond acceptors (Lipinski definition) is 3. The van der Waals surface area contributed by atoms with Crippen LogP contribution in [0.1, 0.15) is 13.8 Å². The molecule has 0 aromatic heterocycles. The Morgan fingerprint density at radius 3 is 2.55 bits per heavy atom. The van der Waals surface area contributed by atoms with Gasteiger partial charge in [0.15, 0.2) is 6.10 Å². The van der Waals surface area contributed by atoms with E-state index in [2.05, 4.69) is 6.58 Å². The van der Waals surface area contributed by atoms with Crippen molar-refractivity contribution in [1.29, 1.82) is 0 Å². The summed E-state index contributed by atoms with van der Waals surface area (Å²) in [6, 6.07) is 0. The Morgan fingerprint density at radius 2 is 2.18 bits per heavy atom. The summed E-state index contributed by atoms with van der Waals surface area (Å²) in [4.78, 5) is 10.9. The lowest BCUT2D eigenvalue weighted by Crippen LogP contribution is -2.24. The molecule has 64 valence electrons. The molecular weight excluding hydrogens is 144 g/mol.